The smallest absolute Gasteiger partial charge is 0.0714 e. The zero-order valence-electron chi connectivity index (χ0n) is 47.8. The molecule has 10 aromatic carbocycles. The predicted molar refractivity (Wildman–Crippen MR) is 347 cm³/mol. The number of aryl methyl sites for hydroxylation is 1. The summed E-state index contributed by atoms with van der Waals surface area (Å²) in [4.78, 5) is 5.02. The number of benzene rings is 10. The lowest BCUT2D eigenvalue weighted by Crippen LogP contribution is -2.28. The normalized spacial score (nSPS) is 13.2. The first-order chi connectivity index (χ1) is 37.9. The van der Waals surface area contributed by atoms with E-state index >= 15 is 0 Å². The highest BCUT2D eigenvalue weighted by atomic mass is 79.9. The molecule has 10 aromatic rings. The summed E-state index contributed by atoms with van der Waals surface area (Å²) in [5.74, 6) is 0. The van der Waals surface area contributed by atoms with Gasteiger partial charge >= 0.3 is 0 Å². The molecule has 1 aliphatic carbocycles. The summed E-state index contributed by atoms with van der Waals surface area (Å²) in [7, 11) is 0. The molecule has 398 valence electrons. The Morgan fingerprint density at radius 1 is 0.367 bits per heavy atom. The summed E-state index contributed by atoms with van der Waals surface area (Å²) in [5.41, 5.74) is 19.1. The molecular weight excluding hydrogens is 1090 g/mol. The molecule has 0 heterocycles. The zero-order valence-corrected chi connectivity index (χ0v) is 51.0. The second kappa shape index (κ2) is 21.4. The fourth-order valence-electron chi connectivity index (χ4n) is 12.3. The molecule has 1 aliphatic rings. The lowest BCUT2D eigenvalue weighted by Gasteiger charge is -2.35. The van der Waals surface area contributed by atoms with Crippen LogP contribution in [0.4, 0.5) is 34.1 Å². The van der Waals surface area contributed by atoms with Crippen LogP contribution >= 0.6 is 31.9 Å². The Bertz CT molecular complexity index is 3650. The maximum atomic E-state index is 3.95. The van der Waals surface area contributed by atoms with Crippen molar-refractivity contribution in [2.45, 2.75) is 123 Å². The molecular formula is C75H74Br2N2. The van der Waals surface area contributed by atoms with Crippen LogP contribution in [0, 0.1) is 0 Å². The van der Waals surface area contributed by atoms with Gasteiger partial charge in [-0.05, 0) is 158 Å². The van der Waals surface area contributed by atoms with E-state index in [0.717, 1.165) is 49.5 Å². The molecule has 0 amide bonds. The van der Waals surface area contributed by atoms with Crippen LogP contribution in [0.2, 0.25) is 0 Å². The minimum Gasteiger partial charge on any atom is -0.309 e. The highest BCUT2D eigenvalue weighted by molar-refractivity contribution is 9.10. The van der Waals surface area contributed by atoms with E-state index < -0.39 is 5.41 Å². The maximum Gasteiger partial charge on any atom is 0.0714 e. The average molecular weight is 1160 g/mol. The molecule has 0 fully saturated rings. The second-order valence-corrected chi connectivity index (χ2v) is 26.9. The van der Waals surface area contributed by atoms with Crippen LogP contribution in [0.15, 0.2) is 215 Å². The molecule has 0 saturated carbocycles. The third-order valence-corrected chi connectivity index (χ3v) is 17.6. The fraction of sp³-hybridized carbons (Fsp3) is 0.253. The average Bonchev–Trinajstić information content (AvgIpc) is 3.52. The van der Waals surface area contributed by atoms with Crippen molar-refractivity contribution in [1.29, 1.82) is 0 Å². The van der Waals surface area contributed by atoms with Crippen LogP contribution < -0.4 is 9.80 Å². The van der Waals surface area contributed by atoms with E-state index in [1.54, 1.807) is 0 Å². The lowest BCUT2D eigenvalue weighted by atomic mass is 9.67. The molecule has 0 bridgehead atoms. The van der Waals surface area contributed by atoms with E-state index in [0.29, 0.717) is 0 Å². The third-order valence-electron chi connectivity index (χ3n) is 16.6. The summed E-state index contributed by atoms with van der Waals surface area (Å²) in [6, 6.07) is 78.8. The van der Waals surface area contributed by atoms with Gasteiger partial charge in [0.25, 0.3) is 0 Å². The van der Waals surface area contributed by atoms with Crippen molar-refractivity contribution >= 4 is 87.5 Å². The monoisotopic (exact) mass is 1160 g/mol. The van der Waals surface area contributed by atoms with Gasteiger partial charge in [-0.2, -0.15) is 0 Å². The summed E-state index contributed by atoms with van der Waals surface area (Å²) in [6.45, 7) is 22.9. The number of halogens is 2. The van der Waals surface area contributed by atoms with Crippen molar-refractivity contribution in [1.82, 2.24) is 0 Å². The van der Waals surface area contributed by atoms with E-state index in [9.17, 15) is 0 Å². The second-order valence-electron chi connectivity index (χ2n) is 25.0. The molecule has 11 rings (SSSR count). The van der Waals surface area contributed by atoms with E-state index in [-0.39, 0.29) is 16.2 Å². The summed E-state index contributed by atoms with van der Waals surface area (Å²) >= 11 is 7.91. The summed E-state index contributed by atoms with van der Waals surface area (Å²) in [5, 5.41) is 4.68. The number of hydrogen-bond acceptors (Lipinski definition) is 2. The van der Waals surface area contributed by atoms with E-state index in [2.05, 4.69) is 317 Å². The molecule has 2 nitrogen and oxygen atoms in total. The van der Waals surface area contributed by atoms with Crippen LogP contribution in [-0.4, -0.2) is 0 Å². The maximum absolute atomic E-state index is 3.95. The molecule has 0 spiro atoms. The molecule has 4 heteroatoms. The predicted octanol–water partition coefficient (Wildman–Crippen LogP) is 22.8. The summed E-state index contributed by atoms with van der Waals surface area (Å²) < 4.78 is 2.14. The lowest BCUT2D eigenvalue weighted by molar-refractivity contribution is 0.590. The highest BCUT2D eigenvalue weighted by Crippen LogP contribution is 2.58. The van der Waals surface area contributed by atoms with E-state index in [1.807, 2.05) is 0 Å². The minimum atomic E-state index is -0.586. The van der Waals surface area contributed by atoms with Gasteiger partial charge in [0.1, 0.15) is 0 Å². The van der Waals surface area contributed by atoms with Crippen LogP contribution in [0.25, 0.3) is 32.7 Å². The van der Waals surface area contributed by atoms with Crippen molar-refractivity contribution in [3.05, 3.63) is 260 Å². The Balaban J connectivity index is 1.15. The SMILES string of the molecule is CCCCCCc1ccc(C2(c3ccc(N(c4ccc(C(C)(C)C)cc4)c4c5ccccc5c(N(c5ccc(C(C)(C)C)cc5)c5ccc(C(C)(C)C)cc5)c5ccccc45)cc3)c3cc(Br)ccc3-c3ccc(Br)cc32)cc1. The van der Waals surface area contributed by atoms with Gasteiger partial charge in [0.2, 0.25) is 0 Å². The van der Waals surface area contributed by atoms with Crippen LogP contribution in [-0.2, 0) is 28.1 Å². The van der Waals surface area contributed by atoms with Gasteiger partial charge in [0.15, 0.2) is 0 Å². The molecule has 0 aliphatic heterocycles. The number of rotatable bonds is 13. The number of anilines is 6. The minimum absolute atomic E-state index is 0.00883. The first-order valence-electron chi connectivity index (χ1n) is 28.5. The molecule has 0 N–H and O–H groups in total. The fourth-order valence-corrected chi connectivity index (χ4v) is 13.0. The quantitative estimate of drug-likeness (QED) is 0.0645. The summed E-state index contributed by atoms with van der Waals surface area (Å²) in [6.07, 6.45) is 6.09. The third kappa shape index (κ3) is 10.2. The Morgan fingerprint density at radius 2 is 0.696 bits per heavy atom. The standard InChI is InChI=1S/C75H74Br2N2/c1-11-12-13-14-19-50-24-26-54(27-25-50)75(68-48-56(76)36-46-62(68)63-47-37-57(77)49-69(63)75)55-34-44-61(45-35-55)79(60-42-32-53(33-43-60)74(8,9)10)71-66-22-17-15-20-64(66)70(65-21-16-18-23-67(65)71)78(58-38-28-51(29-39-58)72(2,3)4)59-40-30-52(31-41-59)73(5,6)7/h15-18,20-49H,11-14,19H2,1-10H3. The van der Waals surface area contributed by atoms with Crippen molar-refractivity contribution < 1.29 is 0 Å². The van der Waals surface area contributed by atoms with Gasteiger partial charge < -0.3 is 9.80 Å². The molecule has 0 radical (unpaired) electrons. The van der Waals surface area contributed by atoms with Gasteiger partial charge in [-0.25, -0.2) is 0 Å². The van der Waals surface area contributed by atoms with Gasteiger partial charge in [0.05, 0.1) is 16.8 Å². The number of fused-ring (bicyclic) bond motifs is 5. The zero-order chi connectivity index (χ0) is 55.4. The van der Waals surface area contributed by atoms with Crippen molar-refractivity contribution in [2.24, 2.45) is 0 Å². The Hall–Kier alpha value is -6.72. The first-order valence-corrected chi connectivity index (χ1v) is 30.1. The van der Waals surface area contributed by atoms with Crippen LogP contribution in [0.3, 0.4) is 0 Å². The molecule has 0 unspecified atom stereocenters. The Kier molecular flexibility index (Phi) is 14.7. The number of nitrogens with zero attached hydrogens (tertiary/aromatic N) is 2. The topological polar surface area (TPSA) is 6.48 Å². The number of hydrogen-bond donors (Lipinski definition) is 0. The van der Waals surface area contributed by atoms with Crippen LogP contribution in [0.5, 0.6) is 0 Å². The van der Waals surface area contributed by atoms with E-state index in [4.69, 9.17) is 0 Å². The highest BCUT2D eigenvalue weighted by Gasteiger charge is 2.46. The van der Waals surface area contributed by atoms with Gasteiger partial charge in [0, 0.05) is 53.2 Å². The molecule has 0 saturated heterocycles. The van der Waals surface area contributed by atoms with Gasteiger partial charge in [-0.1, -0.05) is 254 Å². The largest absolute Gasteiger partial charge is 0.309 e. The van der Waals surface area contributed by atoms with Gasteiger partial charge in [-0.15, -0.1) is 0 Å². The van der Waals surface area contributed by atoms with Gasteiger partial charge in [-0.3, -0.25) is 0 Å². The Morgan fingerprint density at radius 3 is 1.03 bits per heavy atom. The molecule has 79 heavy (non-hydrogen) atoms. The van der Waals surface area contributed by atoms with Crippen molar-refractivity contribution in [3.63, 3.8) is 0 Å². The molecule has 0 aromatic heterocycles. The Labute approximate surface area is 487 Å². The number of unbranched alkanes of at least 4 members (excludes halogenated alkanes) is 3. The first kappa shape index (κ1) is 54.2. The van der Waals surface area contributed by atoms with E-state index in [1.165, 1.54) is 103 Å². The van der Waals surface area contributed by atoms with Crippen LogP contribution in [0.1, 0.15) is 139 Å². The van der Waals surface area contributed by atoms with Crippen molar-refractivity contribution in [2.75, 3.05) is 9.80 Å². The molecule has 0 atom stereocenters. The van der Waals surface area contributed by atoms with Crippen molar-refractivity contribution in [3.8, 4) is 11.1 Å².